The van der Waals surface area contributed by atoms with Gasteiger partial charge in [0.1, 0.15) is 16.9 Å². The van der Waals surface area contributed by atoms with Crippen molar-refractivity contribution in [1.29, 1.82) is 5.53 Å². The molecule has 23 heavy (non-hydrogen) atoms. The Morgan fingerprint density at radius 3 is 2.43 bits per heavy atom. The van der Waals surface area contributed by atoms with E-state index in [-0.39, 0.29) is 0 Å². The molecule has 1 aliphatic carbocycles. The third kappa shape index (κ3) is 1.45. The summed E-state index contributed by atoms with van der Waals surface area (Å²) in [6.07, 6.45) is 0. The van der Waals surface area contributed by atoms with Gasteiger partial charge in [-0.2, -0.15) is 5.11 Å². The maximum absolute atomic E-state index is 7.66. The Morgan fingerprint density at radius 1 is 0.957 bits per heavy atom. The second-order valence-electron chi connectivity index (χ2n) is 5.81. The Balaban J connectivity index is 2.14. The molecule has 0 unspecified atom stereocenters. The van der Waals surface area contributed by atoms with Crippen LogP contribution in [0, 0.1) is 12.5 Å². The van der Waals surface area contributed by atoms with Gasteiger partial charge in [-0.15, -0.1) is 0 Å². The molecule has 0 amide bonds. The molecule has 1 aliphatic heterocycles. The van der Waals surface area contributed by atoms with Gasteiger partial charge >= 0.3 is 0 Å². The zero-order chi connectivity index (χ0) is 15.6. The highest BCUT2D eigenvalue weighted by Gasteiger charge is 2.25. The fourth-order valence-electron chi connectivity index (χ4n) is 3.61. The molecule has 110 valence electrons. The number of nitrogens with one attached hydrogen (secondary N) is 2. The molecule has 0 bridgehead atoms. The molecule has 5 rings (SSSR count). The van der Waals surface area contributed by atoms with Gasteiger partial charge < -0.3 is 9.40 Å². The van der Waals surface area contributed by atoms with Crippen LogP contribution in [0.4, 0.5) is 5.69 Å². The summed E-state index contributed by atoms with van der Waals surface area (Å²) in [6.45, 7) is 2.06. The molecular formula is C19H13N3O. The number of rotatable bonds is 1. The van der Waals surface area contributed by atoms with Gasteiger partial charge in [0, 0.05) is 27.2 Å². The Morgan fingerprint density at radius 2 is 1.65 bits per heavy atom. The maximum Gasteiger partial charge on any atom is 0.148 e. The molecule has 2 heterocycles. The summed E-state index contributed by atoms with van der Waals surface area (Å²) in [7, 11) is 0. The number of hydrogen-bond acceptors (Lipinski definition) is 3. The van der Waals surface area contributed by atoms with Crippen molar-refractivity contribution < 1.29 is 4.42 Å². The molecule has 2 N–H and O–H groups in total. The van der Waals surface area contributed by atoms with Crippen molar-refractivity contribution in [2.24, 2.45) is 5.11 Å². The van der Waals surface area contributed by atoms with Gasteiger partial charge in [-0.05, 0) is 13.0 Å². The zero-order valence-corrected chi connectivity index (χ0v) is 12.5. The van der Waals surface area contributed by atoms with Crippen LogP contribution in [-0.2, 0) is 0 Å². The number of aryl methyl sites for hydroxylation is 1. The van der Waals surface area contributed by atoms with Crippen LogP contribution in [-0.4, -0.2) is 4.98 Å². The maximum atomic E-state index is 7.66. The lowest BCUT2D eigenvalue weighted by atomic mass is 10.1. The van der Waals surface area contributed by atoms with Crippen LogP contribution >= 0.6 is 0 Å². The summed E-state index contributed by atoms with van der Waals surface area (Å²) in [6, 6.07) is 16.0. The lowest BCUT2D eigenvalue weighted by molar-refractivity contribution is 0.669. The number of hydrogen-bond donors (Lipinski definition) is 2. The molecule has 2 aromatic carbocycles. The van der Waals surface area contributed by atoms with Crippen LogP contribution < -0.4 is 0 Å². The van der Waals surface area contributed by atoms with Gasteiger partial charge in [-0.1, -0.05) is 42.5 Å². The van der Waals surface area contributed by atoms with Crippen molar-refractivity contribution in [2.45, 2.75) is 6.92 Å². The second-order valence-corrected chi connectivity index (χ2v) is 5.81. The number of furan rings is 1. The normalized spacial score (nSPS) is 11.9. The van der Waals surface area contributed by atoms with Gasteiger partial charge in [-0.25, -0.2) is 5.53 Å². The molecule has 2 aliphatic rings. The summed E-state index contributed by atoms with van der Waals surface area (Å²) in [5.74, 6) is 0. The average molecular weight is 299 g/mol. The van der Waals surface area contributed by atoms with Gasteiger partial charge in [0.25, 0.3) is 0 Å². The van der Waals surface area contributed by atoms with Gasteiger partial charge in [0.15, 0.2) is 0 Å². The first kappa shape index (κ1) is 12.4. The lowest BCUT2D eigenvalue weighted by Gasteiger charge is -2.06. The highest BCUT2D eigenvalue weighted by Crippen LogP contribution is 2.49. The van der Waals surface area contributed by atoms with Crippen molar-refractivity contribution >= 4 is 38.4 Å². The highest BCUT2D eigenvalue weighted by molar-refractivity contribution is 6.21. The van der Waals surface area contributed by atoms with Crippen molar-refractivity contribution in [3.63, 3.8) is 0 Å². The minimum Gasteiger partial charge on any atom is -0.455 e. The molecule has 1 aromatic heterocycles. The van der Waals surface area contributed by atoms with E-state index in [9.17, 15) is 0 Å². The zero-order valence-electron chi connectivity index (χ0n) is 12.5. The smallest absolute Gasteiger partial charge is 0.148 e. The molecule has 0 saturated carbocycles. The monoisotopic (exact) mass is 299 g/mol. The third-order valence-corrected chi connectivity index (χ3v) is 4.56. The number of aromatic nitrogens is 1. The van der Waals surface area contributed by atoms with Gasteiger partial charge in [0.2, 0.25) is 0 Å². The van der Waals surface area contributed by atoms with E-state index in [2.05, 4.69) is 29.2 Å². The predicted molar refractivity (Wildman–Crippen MR) is 91.7 cm³/mol. The van der Waals surface area contributed by atoms with Gasteiger partial charge in [-0.3, -0.25) is 0 Å². The Bertz CT molecular complexity index is 1200. The van der Waals surface area contributed by atoms with E-state index < -0.39 is 0 Å². The number of aromatic amines is 1. The first-order chi connectivity index (χ1) is 11.3. The summed E-state index contributed by atoms with van der Waals surface area (Å²) in [4.78, 5) is 3.51. The first-order valence-electron chi connectivity index (χ1n) is 7.51. The van der Waals surface area contributed by atoms with E-state index in [0.717, 1.165) is 49.7 Å². The minimum absolute atomic E-state index is 0.663. The van der Waals surface area contributed by atoms with Crippen molar-refractivity contribution in [3.05, 3.63) is 54.2 Å². The molecule has 0 spiro atoms. The van der Waals surface area contributed by atoms with Crippen LogP contribution in [0.1, 0.15) is 5.69 Å². The number of pyridine rings is 1. The minimum atomic E-state index is 0.663. The fourth-order valence-corrected chi connectivity index (χ4v) is 3.61. The molecule has 0 saturated heterocycles. The van der Waals surface area contributed by atoms with Crippen LogP contribution in [0.15, 0.2) is 58.1 Å². The van der Waals surface area contributed by atoms with Crippen LogP contribution in [0.25, 0.3) is 44.0 Å². The summed E-state index contributed by atoms with van der Waals surface area (Å²) in [5, 5.41) is 7.99. The van der Waals surface area contributed by atoms with Crippen molar-refractivity contribution in [3.8, 4) is 11.3 Å². The van der Waals surface area contributed by atoms with E-state index in [1.54, 1.807) is 0 Å². The fraction of sp³-hybridized carbons (Fsp3) is 0.0526. The number of nitrogens with zero attached hydrogens (tertiary/aromatic N) is 1. The van der Waals surface area contributed by atoms with Crippen LogP contribution in [0.3, 0.4) is 0 Å². The van der Waals surface area contributed by atoms with Crippen molar-refractivity contribution in [2.75, 3.05) is 0 Å². The number of H-pyrrole nitrogens is 1. The highest BCUT2D eigenvalue weighted by atomic mass is 16.3. The Labute approximate surface area is 131 Å². The van der Waals surface area contributed by atoms with E-state index in [4.69, 9.17) is 9.95 Å². The summed E-state index contributed by atoms with van der Waals surface area (Å²) in [5.41, 5.74) is 12.9. The molecule has 3 aromatic rings. The first-order valence-corrected chi connectivity index (χ1v) is 7.51. The largest absolute Gasteiger partial charge is 0.455 e. The van der Waals surface area contributed by atoms with Crippen LogP contribution in [0.5, 0.6) is 0 Å². The number of fused-ring (bicyclic) bond motifs is 7. The second kappa shape index (κ2) is 4.20. The SMILES string of the molecule is Cc1[nH]c2c3ccccc3c(N=N)c-2c2oc3ccccc3c12. The summed E-state index contributed by atoms with van der Waals surface area (Å²) >= 11 is 0. The van der Waals surface area contributed by atoms with E-state index in [0.29, 0.717) is 5.69 Å². The van der Waals surface area contributed by atoms with Crippen molar-refractivity contribution in [1.82, 2.24) is 4.98 Å². The van der Waals surface area contributed by atoms with Crippen LogP contribution in [0.2, 0.25) is 0 Å². The molecule has 4 heteroatoms. The summed E-state index contributed by atoms with van der Waals surface area (Å²) < 4.78 is 6.16. The predicted octanol–water partition coefficient (Wildman–Crippen LogP) is 6.14. The molecule has 0 atom stereocenters. The third-order valence-electron chi connectivity index (χ3n) is 4.56. The van der Waals surface area contributed by atoms with E-state index in [1.807, 2.05) is 36.4 Å². The topological polar surface area (TPSA) is 65.1 Å². The standard InChI is InChI=1S/C19H13N3O/c1-10-15-13-8-4-5-9-14(13)23-19(15)16-17(21-10)11-6-2-3-7-12(11)18(16)22-20/h2-9,20-21H,1H3. The quantitative estimate of drug-likeness (QED) is 0.358. The Hall–Kier alpha value is -3.14. The van der Waals surface area contributed by atoms with E-state index in [1.165, 1.54) is 0 Å². The number of para-hydroxylation sites is 1. The molecule has 4 nitrogen and oxygen atoms in total. The molecular weight excluding hydrogens is 286 g/mol. The lowest BCUT2D eigenvalue weighted by Crippen LogP contribution is -1.88. The molecule has 0 fully saturated rings. The average Bonchev–Trinajstić information content (AvgIpc) is 3.11. The van der Waals surface area contributed by atoms with Gasteiger partial charge in [0.05, 0.1) is 11.3 Å². The van der Waals surface area contributed by atoms with E-state index >= 15 is 0 Å². The Kier molecular flexibility index (Phi) is 2.26. The molecule has 0 radical (unpaired) electrons. The number of benzene rings is 2.